The van der Waals surface area contributed by atoms with Gasteiger partial charge in [0.2, 0.25) is 0 Å². The molecule has 0 spiro atoms. The van der Waals surface area contributed by atoms with E-state index in [2.05, 4.69) is 5.32 Å². The first-order valence-electron chi connectivity index (χ1n) is 7.83. The number of halogens is 2. The summed E-state index contributed by atoms with van der Waals surface area (Å²) in [6.45, 7) is 3.24. The maximum absolute atomic E-state index is 12.3. The molecule has 26 heavy (non-hydrogen) atoms. The number of esters is 1. The second kappa shape index (κ2) is 8.83. The highest BCUT2D eigenvalue weighted by atomic mass is 35.5. The van der Waals surface area contributed by atoms with Crippen LogP contribution in [0.2, 0.25) is 10.0 Å². The van der Waals surface area contributed by atoms with Gasteiger partial charge in [0.25, 0.3) is 5.91 Å². The van der Waals surface area contributed by atoms with Gasteiger partial charge in [0, 0.05) is 15.6 Å². The Morgan fingerprint density at radius 1 is 1.08 bits per heavy atom. The molecule has 0 aliphatic heterocycles. The normalized spacial score (nSPS) is 12.8. The molecule has 1 amide bonds. The van der Waals surface area contributed by atoms with Gasteiger partial charge >= 0.3 is 5.97 Å². The van der Waals surface area contributed by atoms with Crippen LogP contribution >= 0.6 is 23.2 Å². The van der Waals surface area contributed by atoms with Crippen LogP contribution in [0.4, 0.5) is 0 Å². The summed E-state index contributed by atoms with van der Waals surface area (Å²) >= 11 is 12.0. The van der Waals surface area contributed by atoms with Crippen LogP contribution in [0.25, 0.3) is 0 Å². The van der Waals surface area contributed by atoms with Gasteiger partial charge in [-0.05, 0) is 43.7 Å². The molecule has 0 unspecified atom stereocenters. The second-order valence-electron chi connectivity index (χ2n) is 5.68. The SMILES string of the molecule is C[C@H](OC(=O)c1ccc(C=O)cc1)C(=O)N[C@H](C)c1ccc(Cl)cc1Cl. The first kappa shape index (κ1) is 19.9. The molecule has 0 heterocycles. The van der Waals surface area contributed by atoms with Crippen LogP contribution in [0.3, 0.4) is 0 Å². The Hall–Kier alpha value is -2.37. The molecule has 0 bridgehead atoms. The highest BCUT2D eigenvalue weighted by Crippen LogP contribution is 2.26. The van der Waals surface area contributed by atoms with E-state index in [-0.39, 0.29) is 11.6 Å². The third kappa shape index (κ3) is 5.07. The van der Waals surface area contributed by atoms with E-state index in [9.17, 15) is 14.4 Å². The molecular weight excluding hydrogens is 377 g/mol. The van der Waals surface area contributed by atoms with Crippen molar-refractivity contribution in [2.75, 3.05) is 0 Å². The van der Waals surface area contributed by atoms with Crippen molar-refractivity contribution in [2.45, 2.75) is 26.0 Å². The van der Waals surface area contributed by atoms with Crippen LogP contribution in [0, 0.1) is 0 Å². The van der Waals surface area contributed by atoms with Gasteiger partial charge < -0.3 is 10.1 Å². The minimum absolute atomic E-state index is 0.254. The molecule has 0 aliphatic carbocycles. The lowest BCUT2D eigenvalue weighted by Crippen LogP contribution is -2.37. The van der Waals surface area contributed by atoms with E-state index in [1.807, 2.05) is 0 Å². The van der Waals surface area contributed by atoms with Crippen molar-refractivity contribution in [1.82, 2.24) is 5.32 Å². The lowest BCUT2D eigenvalue weighted by atomic mass is 10.1. The summed E-state index contributed by atoms with van der Waals surface area (Å²) in [5.74, 6) is -1.11. The Morgan fingerprint density at radius 2 is 1.73 bits per heavy atom. The van der Waals surface area contributed by atoms with E-state index in [0.29, 0.717) is 27.5 Å². The average Bonchev–Trinajstić information content (AvgIpc) is 2.61. The second-order valence-corrected chi connectivity index (χ2v) is 6.53. The molecule has 0 saturated carbocycles. The Kier molecular flexibility index (Phi) is 6.77. The van der Waals surface area contributed by atoms with Crippen molar-refractivity contribution in [3.05, 3.63) is 69.2 Å². The maximum Gasteiger partial charge on any atom is 0.338 e. The van der Waals surface area contributed by atoms with Gasteiger partial charge in [-0.1, -0.05) is 41.4 Å². The molecule has 1 N–H and O–H groups in total. The molecule has 2 atom stereocenters. The summed E-state index contributed by atoms with van der Waals surface area (Å²) in [5, 5.41) is 3.68. The maximum atomic E-state index is 12.3. The number of ether oxygens (including phenoxy) is 1. The predicted octanol–water partition coefficient (Wildman–Crippen LogP) is 4.23. The zero-order valence-corrected chi connectivity index (χ0v) is 15.7. The number of nitrogens with one attached hydrogen (secondary N) is 1. The molecule has 0 aromatic heterocycles. The van der Waals surface area contributed by atoms with Crippen LogP contribution in [0.1, 0.15) is 46.2 Å². The fourth-order valence-corrected chi connectivity index (χ4v) is 2.81. The van der Waals surface area contributed by atoms with Gasteiger partial charge in [-0.25, -0.2) is 4.79 Å². The van der Waals surface area contributed by atoms with Gasteiger partial charge in [-0.15, -0.1) is 0 Å². The molecule has 0 fully saturated rings. The van der Waals surface area contributed by atoms with Gasteiger partial charge in [0.1, 0.15) is 6.29 Å². The quantitative estimate of drug-likeness (QED) is 0.588. The lowest BCUT2D eigenvalue weighted by molar-refractivity contribution is -0.129. The van der Waals surface area contributed by atoms with Crippen molar-refractivity contribution in [3.8, 4) is 0 Å². The number of amides is 1. The molecule has 136 valence electrons. The fraction of sp³-hybridized carbons (Fsp3) is 0.211. The van der Waals surface area contributed by atoms with Crippen LogP contribution < -0.4 is 5.32 Å². The van der Waals surface area contributed by atoms with E-state index in [4.69, 9.17) is 27.9 Å². The summed E-state index contributed by atoms with van der Waals surface area (Å²) in [7, 11) is 0. The predicted molar refractivity (Wildman–Crippen MR) is 99.7 cm³/mol. The Labute approximate surface area is 161 Å². The number of hydrogen-bond acceptors (Lipinski definition) is 4. The number of carbonyl (C=O) groups excluding carboxylic acids is 3. The molecular formula is C19H17Cl2NO4. The summed E-state index contributed by atoms with van der Waals surface area (Å²) in [6.07, 6.45) is -0.323. The fourth-order valence-electron chi connectivity index (χ4n) is 2.24. The average molecular weight is 394 g/mol. The minimum Gasteiger partial charge on any atom is -0.449 e. The minimum atomic E-state index is -0.998. The zero-order chi connectivity index (χ0) is 19.3. The van der Waals surface area contributed by atoms with E-state index in [0.717, 1.165) is 0 Å². The van der Waals surface area contributed by atoms with Crippen molar-refractivity contribution in [1.29, 1.82) is 0 Å². The number of hydrogen-bond donors (Lipinski definition) is 1. The van der Waals surface area contributed by atoms with Gasteiger partial charge in [-0.2, -0.15) is 0 Å². The molecule has 0 aliphatic rings. The molecule has 5 nitrogen and oxygen atoms in total. The highest BCUT2D eigenvalue weighted by Gasteiger charge is 2.21. The topological polar surface area (TPSA) is 72.5 Å². The van der Waals surface area contributed by atoms with Crippen LogP contribution in [0.15, 0.2) is 42.5 Å². The Morgan fingerprint density at radius 3 is 2.31 bits per heavy atom. The molecule has 7 heteroatoms. The standard InChI is InChI=1S/C19H17Cl2NO4/c1-11(16-8-7-15(20)9-17(16)21)22-18(24)12(2)26-19(25)14-5-3-13(10-23)4-6-14/h3-12H,1-2H3,(H,22,24)/t11-,12+/m1/s1. The van der Waals surface area contributed by atoms with Crippen molar-refractivity contribution in [3.63, 3.8) is 0 Å². The monoisotopic (exact) mass is 393 g/mol. The smallest absolute Gasteiger partial charge is 0.338 e. The molecule has 2 rings (SSSR count). The largest absolute Gasteiger partial charge is 0.449 e. The third-order valence-corrected chi connectivity index (χ3v) is 4.29. The molecule has 2 aromatic rings. The first-order valence-corrected chi connectivity index (χ1v) is 8.59. The lowest BCUT2D eigenvalue weighted by Gasteiger charge is -2.19. The first-order chi connectivity index (χ1) is 12.3. The molecule has 0 saturated heterocycles. The highest BCUT2D eigenvalue weighted by molar-refractivity contribution is 6.35. The summed E-state index contributed by atoms with van der Waals surface area (Å²) in [5.41, 5.74) is 1.40. The Bertz CT molecular complexity index is 821. The van der Waals surface area contributed by atoms with Crippen LogP contribution in [0.5, 0.6) is 0 Å². The van der Waals surface area contributed by atoms with Crippen LogP contribution in [-0.2, 0) is 9.53 Å². The third-order valence-electron chi connectivity index (χ3n) is 3.72. The van der Waals surface area contributed by atoms with Gasteiger partial charge in [0.05, 0.1) is 11.6 Å². The van der Waals surface area contributed by atoms with Crippen molar-refractivity contribution < 1.29 is 19.1 Å². The van der Waals surface area contributed by atoms with Crippen molar-refractivity contribution >= 4 is 41.4 Å². The summed E-state index contributed by atoms with van der Waals surface area (Å²) in [6, 6.07) is 10.5. The Balaban J connectivity index is 1.97. The summed E-state index contributed by atoms with van der Waals surface area (Å²) in [4.78, 5) is 35.0. The van der Waals surface area contributed by atoms with E-state index < -0.39 is 18.0 Å². The molecule has 2 aromatic carbocycles. The number of benzene rings is 2. The van der Waals surface area contributed by atoms with E-state index >= 15 is 0 Å². The summed E-state index contributed by atoms with van der Waals surface area (Å²) < 4.78 is 5.16. The van der Waals surface area contributed by atoms with Gasteiger partial charge in [-0.3, -0.25) is 9.59 Å². The molecule has 0 radical (unpaired) electrons. The van der Waals surface area contributed by atoms with Crippen molar-refractivity contribution in [2.24, 2.45) is 0 Å². The van der Waals surface area contributed by atoms with E-state index in [1.54, 1.807) is 25.1 Å². The van der Waals surface area contributed by atoms with E-state index in [1.165, 1.54) is 31.2 Å². The number of carbonyl (C=O) groups is 3. The zero-order valence-electron chi connectivity index (χ0n) is 14.2. The van der Waals surface area contributed by atoms with Gasteiger partial charge in [0.15, 0.2) is 6.10 Å². The number of aldehydes is 1. The number of rotatable bonds is 6. The van der Waals surface area contributed by atoms with Crippen LogP contribution in [-0.4, -0.2) is 24.3 Å².